The zero-order valence-electron chi connectivity index (χ0n) is 9.55. The van der Waals surface area contributed by atoms with Crippen molar-refractivity contribution in [1.82, 2.24) is 10.3 Å². The zero-order chi connectivity index (χ0) is 10.6. The first kappa shape index (κ1) is 11.7. The normalized spacial score (nSPS) is 12.0. The molecular formula is C11H20N2S. The average molecular weight is 212 g/mol. The standard InChI is InChI=1S/C11H20N2S/c1-11(2,3)9-8-14-10(13-9)6-5-7-12-4/h8,12H,5-7H2,1-4H3. The molecule has 0 fully saturated rings. The minimum absolute atomic E-state index is 0.192. The second-order valence-electron chi connectivity index (χ2n) is 4.58. The summed E-state index contributed by atoms with van der Waals surface area (Å²) in [6.07, 6.45) is 2.27. The van der Waals surface area contributed by atoms with Crippen molar-refractivity contribution in [3.63, 3.8) is 0 Å². The van der Waals surface area contributed by atoms with Gasteiger partial charge in [0.25, 0.3) is 0 Å². The van der Waals surface area contributed by atoms with Gasteiger partial charge < -0.3 is 5.32 Å². The van der Waals surface area contributed by atoms with E-state index in [0.717, 1.165) is 13.0 Å². The Morgan fingerprint density at radius 2 is 2.14 bits per heavy atom. The molecule has 1 aromatic rings. The van der Waals surface area contributed by atoms with E-state index >= 15 is 0 Å². The number of aromatic nitrogens is 1. The van der Waals surface area contributed by atoms with Crippen molar-refractivity contribution in [3.05, 3.63) is 16.1 Å². The maximum Gasteiger partial charge on any atom is 0.0928 e. The third-order valence-corrected chi connectivity index (χ3v) is 3.05. The van der Waals surface area contributed by atoms with Crippen molar-refractivity contribution in [2.45, 2.75) is 39.0 Å². The van der Waals surface area contributed by atoms with E-state index in [1.54, 1.807) is 11.3 Å². The van der Waals surface area contributed by atoms with Crippen LogP contribution in [0.1, 0.15) is 37.9 Å². The molecule has 0 radical (unpaired) electrons. The van der Waals surface area contributed by atoms with E-state index in [1.807, 2.05) is 7.05 Å². The second-order valence-corrected chi connectivity index (χ2v) is 5.53. The molecule has 0 aliphatic heterocycles. The highest BCUT2D eigenvalue weighted by Crippen LogP contribution is 2.24. The Kier molecular flexibility index (Phi) is 4.08. The molecule has 1 N–H and O–H groups in total. The van der Waals surface area contributed by atoms with Gasteiger partial charge in [-0.2, -0.15) is 0 Å². The first-order valence-corrected chi connectivity index (χ1v) is 6.01. The van der Waals surface area contributed by atoms with Crippen LogP contribution in [0.5, 0.6) is 0 Å². The summed E-state index contributed by atoms with van der Waals surface area (Å²) in [5, 5.41) is 6.61. The van der Waals surface area contributed by atoms with Gasteiger partial charge in [-0.3, -0.25) is 0 Å². The molecule has 0 aliphatic rings. The Labute approximate surface area is 90.8 Å². The summed E-state index contributed by atoms with van der Waals surface area (Å²) in [5.74, 6) is 0. The lowest BCUT2D eigenvalue weighted by Crippen LogP contribution is -2.12. The number of nitrogens with one attached hydrogen (secondary N) is 1. The topological polar surface area (TPSA) is 24.9 Å². The maximum atomic E-state index is 4.64. The molecule has 1 aromatic heterocycles. The van der Waals surface area contributed by atoms with E-state index in [4.69, 9.17) is 0 Å². The van der Waals surface area contributed by atoms with Crippen molar-refractivity contribution in [2.24, 2.45) is 0 Å². The third-order valence-electron chi connectivity index (χ3n) is 2.14. The van der Waals surface area contributed by atoms with Crippen molar-refractivity contribution < 1.29 is 0 Å². The molecule has 0 saturated carbocycles. The molecule has 1 heterocycles. The van der Waals surface area contributed by atoms with Crippen LogP contribution in [0.2, 0.25) is 0 Å². The van der Waals surface area contributed by atoms with E-state index in [9.17, 15) is 0 Å². The van der Waals surface area contributed by atoms with Crippen molar-refractivity contribution in [2.75, 3.05) is 13.6 Å². The van der Waals surface area contributed by atoms with Gasteiger partial charge in [-0.1, -0.05) is 20.8 Å². The fourth-order valence-electron chi connectivity index (χ4n) is 1.19. The first-order valence-electron chi connectivity index (χ1n) is 5.13. The summed E-state index contributed by atoms with van der Waals surface area (Å²) in [6.45, 7) is 7.70. The molecule has 14 heavy (non-hydrogen) atoms. The molecule has 0 spiro atoms. The van der Waals surface area contributed by atoms with Gasteiger partial charge in [0, 0.05) is 17.2 Å². The molecule has 0 bridgehead atoms. The van der Waals surface area contributed by atoms with Gasteiger partial charge in [-0.25, -0.2) is 4.98 Å². The molecule has 0 aromatic carbocycles. The maximum absolute atomic E-state index is 4.64. The van der Waals surface area contributed by atoms with Crippen LogP contribution in [0.3, 0.4) is 0 Å². The number of thiazole rings is 1. The van der Waals surface area contributed by atoms with Gasteiger partial charge in [-0.15, -0.1) is 11.3 Å². The number of hydrogen-bond acceptors (Lipinski definition) is 3. The van der Waals surface area contributed by atoms with Crippen LogP contribution >= 0.6 is 11.3 Å². The van der Waals surface area contributed by atoms with Crippen molar-refractivity contribution in [3.8, 4) is 0 Å². The predicted molar refractivity (Wildman–Crippen MR) is 63.1 cm³/mol. The minimum Gasteiger partial charge on any atom is -0.320 e. The van der Waals surface area contributed by atoms with E-state index in [0.29, 0.717) is 0 Å². The SMILES string of the molecule is CNCCCc1nc(C(C)(C)C)cs1. The largest absolute Gasteiger partial charge is 0.320 e. The first-order chi connectivity index (χ1) is 6.54. The van der Waals surface area contributed by atoms with Crippen LogP contribution in [0, 0.1) is 0 Å². The predicted octanol–water partition coefficient (Wildman–Crippen LogP) is 2.59. The van der Waals surface area contributed by atoms with Gasteiger partial charge >= 0.3 is 0 Å². The summed E-state index contributed by atoms with van der Waals surface area (Å²) in [6, 6.07) is 0. The van der Waals surface area contributed by atoms with E-state index < -0.39 is 0 Å². The summed E-state index contributed by atoms with van der Waals surface area (Å²) in [4.78, 5) is 4.64. The highest BCUT2D eigenvalue weighted by atomic mass is 32.1. The van der Waals surface area contributed by atoms with Gasteiger partial charge in [0.2, 0.25) is 0 Å². The highest BCUT2D eigenvalue weighted by Gasteiger charge is 2.16. The molecule has 2 nitrogen and oxygen atoms in total. The lowest BCUT2D eigenvalue weighted by atomic mass is 9.93. The van der Waals surface area contributed by atoms with Crippen molar-refractivity contribution in [1.29, 1.82) is 0 Å². The van der Waals surface area contributed by atoms with Gasteiger partial charge in [0.05, 0.1) is 10.7 Å². The van der Waals surface area contributed by atoms with Gasteiger partial charge in [0.15, 0.2) is 0 Å². The minimum atomic E-state index is 0.192. The Morgan fingerprint density at radius 1 is 1.43 bits per heavy atom. The average Bonchev–Trinajstić information content (AvgIpc) is 2.52. The molecule has 3 heteroatoms. The van der Waals surface area contributed by atoms with E-state index in [1.165, 1.54) is 17.1 Å². The van der Waals surface area contributed by atoms with Gasteiger partial charge in [-0.05, 0) is 20.0 Å². The Hall–Kier alpha value is -0.410. The van der Waals surface area contributed by atoms with E-state index in [-0.39, 0.29) is 5.41 Å². The summed E-state index contributed by atoms with van der Waals surface area (Å²) in [5.41, 5.74) is 1.42. The van der Waals surface area contributed by atoms with Crippen LogP contribution in [0.4, 0.5) is 0 Å². The third kappa shape index (κ3) is 3.39. The van der Waals surface area contributed by atoms with Gasteiger partial charge in [0.1, 0.15) is 0 Å². The molecule has 0 amide bonds. The number of rotatable bonds is 4. The molecule has 0 unspecified atom stereocenters. The van der Waals surface area contributed by atoms with Crippen LogP contribution in [-0.2, 0) is 11.8 Å². The fourth-order valence-corrected chi connectivity index (χ4v) is 2.25. The van der Waals surface area contributed by atoms with Crippen LogP contribution in [0.25, 0.3) is 0 Å². The lowest BCUT2D eigenvalue weighted by molar-refractivity contribution is 0.570. The summed E-state index contributed by atoms with van der Waals surface area (Å²) >= 11 is 1.79. The molecule has 0 saturated heterocycles. The monoisotopic (exact) mass is 212 g/mol. The summed E-state index contributed by atoms with van der Waals surface area (Å²) in [7, 11) is 1.99. The summed E-state index contributed by atoms with van der Waals surface area (Å²) < 4.78 is 0. The molecule has 80 valence electrons. The number of nitrogens with zero attached hydrogens (tertiary/aromatic N) is 1. The van der Waals surface area contributed by atoms with Crippen molar-refractivity contribution >= 4 is 11.3 Å². The Bertz CT molecular complexity index is 273. The Balaban J connectivity index is 2.51. The van der Waals surface area contributed by atoms with Crippen LogP contribution < -0.4 is 5.32 Å². The van der Waals surface area contributed by atoms with E-state index in [2.05, 4.69) is 36.5 Å². The number of aryl methyl sites for hydroxylation is 1. The zero-order valence-corrected chi connectivity index (χ0v) is 10.4. The van der Waals surface area contributed by atoms with Crippen LogP contribution in [-0.4, -0.2) is 18.6 Å². The lowest BCUT2D eigenvalue weighted by Gasteiger charge is -2.14. The highest BCUT2D eigenvalue weighted by molar-refractivity contribution is 7.09. The smallest absolute Gasteiger partial charge is 0.0928 e. The molecular weight excluding hydrogens is 192 g/mol. The Morgan fingerprint density at radius 3 is 2.64 bits per heavy atom. The fraction of sp³-hybridized carbons (Fsp3) is 0.727. The molecule has 0 aliphatic carbocycles. The number of hydrogen-bond donors (Lipinski definition) is 1. The molecule has 0 atom stereocenters. The second kappa shape index (κ2) is 4.89. The molecule has 1 rings (SSSR count). The quantitative estimate of drug-likeness (QED) is 0.776. The van der Waals surface area contributed by atoms with Crippen LogP contribution in [0.15, 0.2) is 5.38 Å².